The second kappa shape index (κ2) is 9.09. The Balaban J connectivity index is 1.72. The zero-order chi connectivity index (χ0) is 19.2. The minimum Gasteiger partial charge on any atom is -0.385 e. The highest BCUT2D eigenvalue weighted by molar-refractivity contribution is 5.95. The van der Waals surface area contributed by atoms with Crippen molar-refractivity contribution in [3.63, 3.8) is 0 Å². The number of carbonyl (C=O) groups excluding carboxylic acids is 1. The zero-order valence-corrected chi connectivity index (χ0v) is 16.5. The van der Waals surface area contributed by atoms with Crippen molar-refractivity contribution in [3.05, 3.63) is 47.7 Å². The van der Waals surface area contributed by atoms with E-state index in [9.17, 15) is 4.79 Å². The van der Waals surface area contributed by atoms with E-state index in [1.54, 1.807) is 7.11 Å². The summed E-state index contributed by atoms with van der Waals surface area (Å²) in [6.45, 7) is 5.73. The summed E-state index contributed by atoms with van der Waals surface area (Å²) in [5.74, 6) is 0.478. The molecule has 1 saturated heterocycles. The molecule has 0 N–H and O–H groups in total. The number of ether oxygens (including phenoxy) is 1. The first-order chi connectivity index (χ1) is 13.1. The Morgan fingerprint density at radius 3 is 2.56 bits per heavy atom. The predicted molar refractivity (Wildman–Crippen MR) is 107 cm³/mol. The zero-order valence-electron chi connectivity index (χ0n) is 16.5. The minimum atomic E-state index is 0.114. The number of rotatable bonds is 6. The maximum Gasteiger partial charge on any atom is 0.254 e. The van der Waals surface area contributed by atoms with Gasteiger partial charge in [0, 0.05) is 37.4 Å². The fourth-order valence-electron chi connectivity index (χ4n) is 3.58. The van der Waals surface area contributed by atoms with E-state index >= 15 is 0 Å². The molecular weight excluding hydrogens is 338 g/mol. The molecule has 0 bridgehead atoms. The second-order valence-corrected chi connectivity index (χ2v) is 7.51. The van der Waals surface area contributed by atoms with E-state index in [4.69, 9.17) is 4.74 Å². The van der Waals surface area contributed by atoms with Crippen molar-refractivity contribution in [2.45, 2.75) is 51.5 Å². The highest BCUT2D eigenvalue weighted by atomic mass is 16.5. The van der Waals surface area contributed by atoms with E-state index < -0.39 is 0 Å². The fraction of sp³-hybridized carbons (Fsp3) is 0.500. The van der Waals surface area contributed by atoms with Crippen molar-refractivity contribution >= 4 is 5.91 Å². The number of aromatic nitrogens is 2. The third-order valence-electron chi connectivity index (χ3n) is 5.25. The molecule has 1 atom stereocenters. The van der Waals surface area contributed by atoms with Crippen LogP contribution in [0.5, 0.6) is 0 Å². The fourth-order valence-corrected chi connectivity index (χ4v) is 3.58. The van der Waals surface area contributed by atoms with Crippen LogP contribution < -0.4 is 0 Å². The standard InChI is InChI=1S/C22H29N3O2/c1-16(2)20-11-12-21(24-23-20)17-7-9-18(10-8-17)22(26)25-14-5-4-6-19(25)13-15-27-3/h7-12,16,19H,4-6,13-15H2,1-3H3/t19-/m1/s1. The van der Waals surface area contributed by atoms with E-state index in [-0.39, 0.29) is 11.9 Å². The lowest BCUT2D eigenvalue weighted by Gasteiger charge is -2.36. The summed E-state index contributed by atoms with van der Waals surface area (Å²) in [5, 5.41) is 8.61. The normalized spacial score (nSPS) is 17.3. The molecule has 0 aliphatic carbocycles. The van der Waals surface area contributed by atoms with Gasteiger partial charge in [-0.05, 0) is 55.9 Å². The van der Waals surface area contributed by atoms with Gasteiger partial charge in [-0.3, -0.25) is 4.79 Å². The SMILES string of the molecule is COCC[C@H]1CCCCN1C(=O)c1ccc(-c2ccc(C(C)C)nn2)cc1. The number of methoxy groups -OCH3 is 1. The number of likely N-dealkylation sites (tertiary alicyclic amines) is 1. The highest BCUT2D eigenvalue weighted by Crippen LogP contribution is 2.24. The van der Waals surface area contributed by atoms with Crippen LogP contribution in [0, 0.1) is 0 Å². The van der Waals surface area contributed by atoms with Crippen LogP contribution in [0.2, 0.25) is 0 Å². The molecule has 0 saturated carbocycles. The Morgan fingerprint density at radius 1 is 1.15 bits per heavy atom. The molecule has 1 amide bonds. The molecule has 1 aromatic heterocycles. The van der Waals surface area contributed by atoms with Gasteiger partial charge in [-0.25, -0.2) is 0 Å². The van der Waals surface area contributed by atoms with E-state index in [0.717, 1.165) is 48.3 Å². The van der Waals surface area contributed by atoms with Crippen molar-refractivity contribution in [1.82, 2.24) is 15.1 Å². The van der Waals surface area contributed by atoms with Gasteiger partial charge >= 0.3 is 0 Å². The largest absolute Gasteiger partial charge is 0.385 e. The van der Waals surface area contributed by atoms with Crippen LogP contribution in [0.25, 0.3) is 11.3 Å². The average Bonchev–Trinajstić information content (AvgIpc) is 2.72. The number of amides is 1. The number of hydrogen-bond donors (Lipinski definition) is 0. The Kier molecular flexibility index (Phi) is 6.56. The Bertz CT molecular complexity index is 741. The van der Waals surface area contributed by atoms with Crippen LogP contribution in [-0.2, 0) is 4.74 Å². The molecule has 0 radical (unpaired) electrons. The summed E-state index contributed by atoms with van der Waals surface area (Å²) in [5.41, 5.74) is 3.52. The summed E-state index contributed by atoms with van der Waals surface area (Å²) in [7, 11) is 1.71. The number of benzene rings is 1. The molecule has 0 unspecified atom stereocenters. The van der Waals surface area contributed by atoms with Crippen LogP contribution in [0.3, 0.4) is 0 Å². The summed E-state index contributed by atoms with van der Waals surface area (Å²) >= 11 is 0. The molecule has 5 nitrogen and oxygen atoms in total. The van der Waals surface area contributed by atoms with Crippen LogP contribution in [-0.4, -0.2) is 47.3 Å². The van der Waals surface area contributed by atoms with Gasteiger partial charge in [0.15, 0.2) is 0 Å². The molecule has 1 fully saturated rings. The van der Waals surface area contributed by atoms with Crippen LogP contribution >= 0.6 is 0 Å². The minimum absolute atomic E-state index is 0.114. The summed E-state index contributed by atoms with van der Waals surface area (Å²) in [4.78, 5) is 15.0. The highest BCUT2D eigenvalue weighted by Gasteiger charge is 2.27. The number of carbonyl (C=O) groups is 1. The molecule has 5 heteroatoms. The predicted octanol–water partition coefficient (Wildman–Crippen LogP) is 4.30. The first-order valence-electron chi connectivity index (χ1n) is 9.84. The molecule has 1 aliphatic heterocycles. The van der Waals surface area contributed by atoms with Crippen molar-refractivity contribution < 1.29 is 9.53 Å². The maximum atomic E-state index is 13.0. The van der Waals surface area contributed by atoms with Crippen molar-refractivity contribution in [3.8, 4) is 11.3 Å². The quantitative estimate of drug-likeness (QED) is 0.764. The molecule has 2 heterocycles. The van der Waals surface area contributed by atoms with E-state index in [1.165, 1.54) is 6.42 Å². The Hall–Kier alpha value is -2.27. The third-order valence-corrected chi connectivity index (χ3v) is 5.25. The second-order valence-electron chi connectivity index (χ2n) is 7.51. The Labute approximate surface area is 161 Å². The van der Waals surface area contributed by atoms with Gasteiger partial charge in [-0.2, -0.15) is 10.2 Å². The number of piperidine rings is 1. The first-order valence-corrected chi connectivity index (χ1v) is 9.84. The van der Waals surface area contributed by atoms with Crippen molar-refractivity contribution in [1.29, 1.82) is 0 Å². The van der Waals surface area contributed by atoms with Crippen molar-refractivity contribution in [2.75, 3.05) is 20.3 Å². The number of nitrogens with zero attached hydrogens (tertiary/aromatic N) is 3. The van der Waals surface area contributed by atoms with Gasteiger partial charge in [0.1, 0.15) is 0 Å². The van der Waals surface area contributed by atoms with Gasteiger partial charge in [0.05, 0.1) is 11.4 Å². The lowest BCUT2D eigenvalue weighted by molar-refractivity contribution is 0.0553. The average molecular weight is 367 g/mol. The molecular formula is C22H29N3O2. The lowest BCUT2D eigenvalue weighted by Crippen LogP contribution is -2.44. The van der Waals surface area contributed by atoms with Gasteiger partial charge in [0.25, 0.3) is 5.91 Å². The molecule has 3 rings (SSSR count). The van der Waals surface area contributed by atoms with Gasteiger partial charge < -0.3 is 9.64 Å². The van der Waals surface area contributed by atoms with Gasteiger partial charge in [0.2, 0.25) is 0 Å². The molecule has 1 aliphatic rings. The van der Waals surface area contributed by atoms with E-state index in [2.05, 4.69) is 24.0 Å². The van der Waals surface area contributed by atoms with Crippen LogP contribution in [0.1, 0.15) is 61.5 Å². The van der Waals surface area contributed by atoms with Crippen LogP contribution in [0.4, 0.5) is 0 Å². The Morgan fingerprint density at radius 2 is 1.93 bits per heavy atom. The molecule has 27 heavy (non-hydrogen) atoms. The van der Waals surface area contributed by atoms with Crippen LogP contribution in [0.15, 0.2) is 36.4 Å². The molecule has 2 aromatic rings. The van der Waals surface area contributed by atoms with Gasteiger partial charge in [-0.1, -0.05) is 26.0 Å². The molecule has 0 spiro atoms. The third kappa shape index (κ3) is 4.72. The topological polar surface area (TPSA) is 55.3 Å². The summed E-state index contributed by atoms with van der Waals surface area (Å²) in [6, 6.07) is 12.0. The smallest absolute Gasteiger partial charge is 0.254 e. The summed E-state index contributed by atoms with van der Waals surface area (Å²) in [6.07, 6.45) is 4.22. The first kappa shape index (κ1) is 19.5. The maximum absolute atomic E-state index is 13.0. The van der Waals surface area contributed by atoms with E-state index in [0.29, 0.717) is 12.5 Å². The van der Waals surface area contributed by atoms with Crippen molar-refractivity contribution in [2.24, 2.45) is 0 Å². The molecule has 1 aromatic carbocycles. The summed E-state index contributed by atoms with van der Waals surface area (Å²) < 4.78 is 5.22. The van der Waals surface area contributed by atoms with E-state index in [1.807, 2.05) is 41.3 Å². The monoisotopic (exact) mass is 367 g/mol. The number of hydrogen-bond acceptors (Lipinski definition) is 4. The molecule has 144 valence electrons. The van der Waals surface area contributed by atoms with Gasteiger partial charge in [-0.15, -0.1) is 0 Å². The lowest BCUT2D eigenvalue weighted by atomic mass is 9.98.